The number of hydrogen-bond donors (Lipinski definition) is 0. The molecule has 0 N–H and O–H groups in total. The van der Waals surface area contributed by atoms with Gasteiger partial charge in [0.1, 0.15) is 0 Å². The molecule has 3 nitrogen and oxygen atoms in total. The fraction of sp³-hybridized carbons (Fsp3) is 0.917. The lowest BCUT2D eigenvalue weighted by Gasteiger charge is -2.11. The molecule has 0 aliphatic carbocycles. The molecular formula is C12H24O3Si. The standard InChI is InChI=1S/C12H24O3Si/c1-5-6-7-8-9-11(4)12(13)15-16-14-10(2)3/h10-11H,5-9H2,1-4H3. The van der Waals surface area contributed by atoms with Gasteiger partial charge in [-0.3, -0.25) is 4.79 Å². The molecule has 0 aromatic carbocycles. The third-order valence-electron chi connectivity index (χ3n) is 2.32. The molecule has 0 bridgehead atoms. The first kappa shape index (κ1) is 15.6. The van der Waals surface area contributed by atoms with Gasteiger partial charge in [-0.25, -0.2) is 0 Å². The van der Waals surface area contributed by atoms with E-state index in [1.54, 1.807) is 0 Å². The minimum absolute atomic E-state index is 0.000110. The average molecular weight is 244 g/mol. The van der Waals surface area contributed by atoms with Gasteiger partial charge in [0.2, 0.25) is 0 Å². The van der Waals surface area contributed by atoms with E-state index >= 15 is 0 Å². The summed E-state index contributed by atoms with van der Waals surface area (Å²) < 4.78 is 10.2. The zero-order valence-electron chi connectivity index (χ0n) is 10.9. The molecule has 0 saturated carbocycles. The second-order valence-electron chi connectivity index (χ2n) is 4.42. The Kier molecular flexibility index (Phi) is 9.63. The van der Waals surface area contributed by atoms with E-state index in [9.17, 15) is 4.79 Å². The maximum atomic E-state index is 11.5. The van der Waals surface area contributed by atoms with Gasteiger partial charge in [0.15, 0.2) is 0 Å². The number of hydrogen-bond acceptors (Lipinski definition) is 3. The van der Waals surface area contributed by atoms with Crippen molar-refractivity contribution in [3.63, 3.8) is 0 Å². The Balaban J connectivity index is 3.49. The molecule has 0 aliphatic heterocycles. The molecule has 0 amide bonds. The van der Waals surface area contributed by atoms with Crippen LogP contribution in [0.1, 0.15) is 59.8 Å². The van der Waals surface area contributed by atoms with Crippen molar-refractivity contribution in [1.82, 2.24) is 0 Å². The first-order valence-electron chi connectivity index (χ1n) is 6.19. The van der Waals surface area contributed by atoms with Crippen molar-refractivity contribution in [3.8, 4) is 0 Å². The second kappa shape index (κ2) is 9.84. The van der Waals surface area contributed by atoms with Gasteiger partial charge in [-0.15, -0.1) is 0 Å². The van der Waals surface area contributed by atoms with Crippen LogP contribution in [0.2, 0.25) is 0 Å². The maximum absolute atomic E-state index is 11.5. The third kappa shape index (κ3) is 8.92. The van der Waals surface area contributed by atoms with E-state index in [0.717, 1.165) is 12.8 Å². The predicted molar refractivity (Wildman–Crippen MR) is 66.0 cm³/mol. The van der Waals surface area contributed by atoms with Crippen molar-refractivity contribution in [2.24, 2.45) is 5.92 Å². The molecule has 0 aromatic rings. The molecule has 94 valence electrons. The molecule has 0 rings (SSSR count). The van der Waals surface area contributed by atoms with Crippen molar-refractivity contribution in [1.29, 1.82) is 0 Å². The zero-order chi connectivity index (χ0) is 12.4. The monoisotopic (exact) mass is 244 g/mol. The molecular weight excluding hydrogens is 220 g/mol. The molecule has 0 heterocycles. The van der Waals surface area contributed by atoms with Crippen LogP contribution in [-0.4, -0.2) is 22.1 Å². The first-order chi connectivity index (χ1) is 7.57. The van der Waals surface area contributed by atoms with Crippen LogP contribution in [0.25, 0.3) is 0 Å². The van der Waals surface area contributed by atoms with E-state index in [0.29, 0.717) is 0 Å². The van der Waals surface area contributed by atoms with Gasteiger partial charge in [-0.2, -0.15) is 0 Å². The molecule has 0 aliphatic rings. The highest BCUT2D eigenvalue weighted by Crippen LogP contribution is 2.11. The summed E-state index contributed by atoms with van der Waals surface area (Å²) >= 11 is 0. The van der Waals surface area contributed by atoms with Gasteiger partial charge >= 0.3 is 10.0 Å². The Bertz CT molecular complexity index is 183. The minimum atomic E-state index is -0.158. The number of rotatable bonds is 9. The smallest absolute Gasteiger partial charge is 0.490 e. The molecule has 1 unspecified atom stereocenters. The fourth-order valence-electron chi connectivity index (χ4n) is 1.26. The molecule has 0 aromatic heterocycles. The zero-order valence-corrected chi connectivity index (χ0v) is 11.9. The van der Waals surface area contributed by atoms with Gasteiger partial charge in [0, 0.05) is 6.10 Å². The Morgan fingerprint density at radius 2 is 1.88 bits per heavy atom. The van der Waals surface area contributed by atoms with Crippen LogP contribution in [0, 0.1) is 5.92 Å². The van der Waals surface area contributed by atoms with Crippen molar-refractivity contribution >= 4 is 16.0 Å². The summed E-state index contributed by atoms with van der Waals surface area (Å²) in [6.07, 6.45) is 5.83. The van der Waals surface area contributed by atoms with Crippen LogP contribution in [0.3, 0.4) is 0 Å². The minimum Gasteiger partial charge on any atom is -0.490 e. The maximum Gasteiger partial charge on any atom is 0.523 e. The summed E-state index contributed by atoms with van der Waals surface area (Å²) in [6.45, 7) is 7.96. The van der Waals surface area contributed by atoms with Crippen LogP contribution in [0.5, 0.6) is 0 Å². The molecule has 16 heavy (non-hydrogen) atoms. The van der Waals surface area contributed by atoms with Crippen LogP contribution in [0.4, 0.5) is 0 Å². The van der Waals surface area contributed by atoms with Gasteiger partial charge in [0.05, 0.1) is 5.92 Å². The Labute approximate surface area is 102 Å². The number of carbonyl (C=O) groups is 1. The van der Waals surface area contributed by atoms with E-state index in [-0.39, 0.29) is 28.0 Å². The van der Waals surface area contributed by atoms with Gasteiger partial charge in [-0.05, 0) is 20.3 Å². The highest BCUT2D eigenvalue weighted by atomic mass is 28.3. The van der Waals surface area contributed by atoms with Crippen molar-refractivity contribution in [2.45, 2.75) is 65.9 Å². The topological polar surface area (TPSA) is 35.5 Å². The Morgan fingerprint density at radius 1 is 1.19 bits per heavy atom. The summed E-state index contributed by atoms with van der Waals surface area (Å²) in [6, 6.07) is 0. The van der Waals surface area contributed by atoms with Crippen molar-refractivity contribution < 1.29 is 13.6 Å². The molecule has 1 atom stereocenters. The lowest BCUT2D eigenvalue weighted by Crippen LogP contribution is -2.20. The lowest BCUT2D eigenvalue weighted by molar-refractivity contribution is -0.139. The Hall–Kier alpha value is -0.353. The summed E-state index contributed by atoms with van der Waals surface area (Å²) in [5.41, 5.74) is 0. The van der Waals surface area contributed by atoms with E-state index < -0.39 is 0 Å². The van der Waals surface area contributed by atoms with Crippen LogP contribution >= 0.6 is 0 Å². The van der Waals surface area contributed by atoms with Gasteiger partial charge in [-0.1, -0.05) is 39.5 Å². The van der Waals surface area contributed by atoms with Crippen molar-refractivity contribution in [3.05, 3.63) is 0 Å². The van der Waals surface area contributed by atoms with Gasteiger partial charge in [0.25, 0.3) is 5.97 Å². The molecule has 4 heteroatoms. The summed E-state index contributed by atoms with van der Waals surface area (Å²) in [5, 5.41) is 0. The van der Waals surface area contributed by atoms with Crippen LogP contribution in [0.15, 0.2) is 0 Å². The van der Waals surface area contributed by atoms with E-state index in [4.69, 9.17) is 8.85 Å². The largest absolute Gasteiger partial charge is 0.523 e. The second-order valence-corrected chi connectivity index (χ2v) is 5.03. The van der Waals surface area contributed by atoms with E-state index in [1.807, 2.05) is 20.8 Å². The normalized spacial score (nSPS) is 12.8. The molecule has 0 spiro atoms. The third-order valence-corrected chi connectivity index (χ3v) is 3.17. The fourth-order valence-corrected chi connectivity index (χ4v) is 1.78. The average Bonchev–Trinajstić information content (AvgIpc) is 2.23. The summed E-state index contributed by atoms with van der Waals surface area (Å²) in [4.78, 5) is 11.5. The van der Waals surface area contributed by atoms with Crippen LogP contribution < -0.4 is 0 Å². The Morgan fingerprint density at radius 3 is 2.44 bits per heavy atom. The highest BCUT2D eigenvalue weighted by molar-refractivity contribution is 6.22. The SMILES string of the molecule is CCCCCCC(C)C(=O)O[Si]OC(C)C. The van der Waals surface area contributed by atoms with Gasteiger partial charge < -0.3 is 8.85 Å². The number of carbonyl (C=O) groups excluding carboxylic acids is 1. The quantitative estimate of drug-likeness (QED) is 0.462. The first-order valence-corrected chi connectivity index (χ1v) is 7.00. The molecule has 0 fully saturated rings. The molecule has 2 radical (unpaired) electrons. The lowest BCUT2D eigenvalue weighted by atomic mass is 10.0. The van der Waals surface area contributed by atoms with Crippen LogP contribution in [-0.2, 0) is 13.6 Å². The van der Waals surface area contributed by atoms with E-state index in [1.165, 1.54) is 19.3 Å². The summed E-state index contributed by atoms with van der Waals surface area (Å²) in [7, 11) is -0.158. The predicted octanol–water partition coefficient (Wildman–Crippen LogP) is 3.10. The highest BCUT2D eigenvalue weighted by Gasteiger charge is 2.15. The molecule has 0 saturated heterocycles. The van der Waals surface area contributed by atoms with Crippen molar-refractivity contribution in [2.75, 3.05) is 0 Å². The number of unbranched alkanes of at least 4 members (excludes halogenated alkanes) is 3. The van der Waals surface area contributed by atoms with E-state index in [2.05, 4.69) is 6.92 Å². The summed E-state index contributed by atoms with van der Waals surface area (Å²) in [5.74, 6) is -0.129.